The van der Waals surface area contributed by atoms with Gasteiger partial charge in [0.25, 0.3) is 0 Å². The van der Waals surface area contributed by atoms with Gasteiger partial charge in [0.1, 0.15) is 11.6 Å². The molecule has 120 valence electrons. The van der Waals surface area contributed by atoms with Crippen LogP contribution in [0, 0.1) is 5.82 Å². The predicted octanol–water partition coefficient (Wildman–Crippen LogP) is 2.18. The first-order valence-corrected chi connectivity index (χ1v) is 7.00. The number of halogens is 1. The molecule has 0 bridgehead atoms. The summed E-state index contributed by atoms with van der Waals surface area (Å²) in [5, 5.41) is 6.52. The van der Waals surface area contributed by atoms with Gasteiger partial charge in [-0.25, -0.2) is 9.37 Å². The molecule has 0 aromatic carbocycles. The number of nitrogens with zero attached hydrogens (tertiary/aromatic N) is 1. The number of pyridine rings is 1. The topological polar surface area (TPSA) is 55.4 Å². The average Bonchev–Trinajstić information content (AvgIpc) is 2.41. The molecule has 6 heteroatoms. The number of aromatic nitrogens is 1. The standard InChI is InChI=1S/C15H26FN3O2/c1-15(2,3)19-7-11-6-12(16)8-17-14(11)18-9-13(21-5)10-20-4/h6,8,13,19H,7,9-10H2,1-5H3,(H,17,18). The van der Waals surface area contributed by atoms with Crippen molar-refractivity contribution in [2.45, 2.75) is 39.0 Å². The van der Waals surface area contributed by atoms with E-state index in [1.54, 1.807) is 14.2 Å². The third kappa shape index (κ3) is 6.84. The van der Waals surface area contributed by atoms with Gasteiger partial charge in [-0.1, -0.05) is 0 Å². The molecule has 1 unspecified atom stereocenters. The second-order valence-electron chi connectivity index (χ2n) is 5.96. The van der Waals surface area contributed by atoms with E-state index in [1.807, 2.05) is 0 Å². The van der Waals surface area contributed by atoms with Crippen LogP contribution in [0.5, 0.6) is 0 Å². The molecule has 0 aliphatic rings. The second-order valence-corrected chi connectivity index (χ2v) is 5.96. The Hall–Kier alpha value is -1.24. The molecular formula is C15H26FN3O2. The lowest BCUT2D eigenvalue weighted by molar-refractivity contribution is 0.0365. The molecule has 0 fully saturated rings. The van der Waals surface area contributed by atoms with E-state index < -0.39 is 0 Å². The van der Waals surface area contributed by atoms with Gasteiger partial charge in [0.05, 0.1) is 18.9 Å². The van der Waals surface area contributed by atoms with E-state index in [0.717, 1.165) is 5.56 Å². The maximum Gasteiger partial charge on any atom is 0.141 e. The van der Waals surface area contributed by atoms with E-state index in [-0.39, 0.29) is 17.5 Å². The van der Waals surface area contributed by atoms with Crippen LogP contribution in [0.15, 0.2) is 12.3 Å². The highest BCUT2D eigenvalue weighted by Crippen LogP contribution is 2.15. The van der Waals surface area contributed by atoms with Crippen molar-refractivity contribution in [2.24, 2.45) is 0 Å². The molecule has 0 aliphatic heterocycles. The maximum atomic E-state index is 13.4. The van der Waals surface area contributed by atoms with Crippen LogP contribution in [-0.4, -0.2) is 44.0 Å². The molecule has 0 saturated carbocycles. The Morgan fingerprint density at radius 1 is 1.33 bits per heavy atom. The predicted molar refractivity (Wildman–Crippen MR) is 82.0 cm³/mol. The van der Waals surface area contributed by atoms with Gasteiger partial charge in [-0.05, 0) is 26.8 Å². The lowest BCUT2D eigenvalue weighted by Crippen LogP contribution is -2.35. The summed E-state index contributed by atoms with van der Waals surface area (Å²) in [4.78, 5) is 4.12. The molecule has 21 heavy (non-hydrogen) atoms. The van der Waals surface area contributed by atoms with E-state index in [4.69, 9.17) is 9.47 Å². The molecule has 1 aromatic heterocycles. The molecule has 1 aromatic rings. The van der Waals surface area contributed by atoms with Crippen LogP contribution >= 0.6 is 0 Å². The fourth-order valence-corrected chi connectivity index (χ4v) is 1.74. The second kappa shape index (κ2) is 8.26. The van der Waals surface area contributed by atoms with Crippen molar-refractivity contribution in [2.75, 3.05) is 32.7 Å². The molecule has 0 aliphatic carbocycles. The number of ether oxygens (including phenoxy) is 2. The largest absolute Gasteiger partial charge is 0.382 e. The summed E-state index contributed by atoms with van der Waals surface area (Å²) in [6.45, 7) is 7.76. The smallest absolute Gasteiger partial charge is 0.141 e. The highest BCUT2D eigenvalue weighted by Gasteiger charge is 2.13. The van der Waals surface area contributed by atoms with E-state index >= 15 is 0 Å². The number of nitrogens with one attached hydrogen (secondary N) is 2. The zero-order valence-corrected chi connectivity index (χ0v) is 13.5. The van der Waals surface area contributed by atoms with Crippen LogP contribution in [0.2, 0.25) is 0 Å². The minimum atomic E-state index is -0.341. The molecule has 5 nitrogen and oxygen atoms in total. The fourth-order valence-electron chi connectivity index (χ4n) is 1.74. The molecule has 1 rings (SSSR count). The molecule has 0 spiro atoms. The Labute approximate surface area is 126 Å². The minimum Gasteiger partial charge on any atom is -0.382 e. The van der Waals surface area contributed by atoms with Crippen molar-refractivity contribution in [1.29, 1.82) is 0 Å². The van der Waals surface area contributed by atoms with E-state index in [2.05, 4.69) is 36.4 Å². The number of hydrogen-bond acceptors (Lipinski definition) is 5. The quantitative estimate of drug-likeness (QED) is 0.770. The summed E-state index contributed by atoms with van der Waals surface area (Å²) >= 11 is 0. The third-order valence-corrected chi connectivity index (χ3v) is 2.93. The molecule has 2 N–H and O–H groups in total. The molecule has 1 atom stereocenters. The summed E-state index contributed by atoms with van der Waals surface area (Å²) in [6, 6.07) is 1.49. The molecule has 0 amide bonds. The third-order valence-electron chi connectivity index (χ3n) is 2.93. The summed E-state index contributed by atoms with van der Waals surface area (Å²) in [5.74, 6) is 0.317. The normalized spacial score (nSPS) is 13.2. The lowest BCUT2D eigenvalue weighted by atomic mass is 10.1. The first kappa shape index (κ1) is 17.8. The summed E-state index contributed by atoms with van der Waals surface area (Å²) in [6.07, 6.45) is 1.13. The van der Waals surface area contributed by atoms with Gasteiger partial charge >= 0.3 is 0 Å². The van der Waals surface area contributed by atoms with Crippen molar-refractivity contribution >= 4 is 5.82 Å². The number of methoxy groups -OCH3 is 2. The van der Waals surface area contributed by atoms with Gasteiger partial charge in [-0.2, -0.15) is 0 Å². The molecule has 1 heterocycles. The first-order chi connectivity index (χ1) is 9.85. The van der Waals surface area contributed by atoms with Crippen LogP contribution in [0.1, 0.15) is 26.3 Å². The van der Waals surface area contributed by atoms with E-state index in [1.165, 1.54) is 12.3 Å². The van der Waals surface area contributed by atoms with Crippen LogP contribution in [0.4, 0.5) is 10.2 Å². The first-order valence-electron chi connectivity index (χ1n) is 7.00. The fraction of sp³-hybridized carbons (Fsp3) is 0.667. The number of rotatable bonds is 8. The Morgan fingerprint density at radius 2 is 2.05 bits per heavy atom. The van der Waals surface area contributed by atoms with Gasteiger partial charge in [-0.15, -0.1) is 0 Å². The van der Waals surface area contributed by atoms with Crippen molar-refractivity contribution in [3.8, 4) is 0 Å². The van der Waals surface area contributed by atoms with Crippen molar-refractivity contribution in [3.05, 3.63) is 23.6 Å². The monoisotopic (exact) mass is 299 g/mol. The Bertz CT molecular complexity index is 435. The molecule has 0 radical (unpaired) electrons. The summed E-state index contributed by atoms with van der Waals surface area (Å²) in [5.41, 5.74) is 0.742. The average molecular weight is 299 g/mol. The van der Waals surface area contributed by atoms with Gasteiger partial charge in [0, 0.05) is 38.4 Å². The molecular weight excluding hydrogens is 273 g/mol. The Balaban J connectivity index is 2.72. The van der Waals surface area contributed by atoms with Crippen molar-refractivity contribution < 1.29 is 13.9 Å². The summed E-state index contributed by atoms with van der Waals surface area (Å²) < 4.78 is 23.7. The number of anilines is 1. The van der Waals surface area contributed by atoms with Gasteiger partial charge < -0.3 is 20.1 Å². The van der Waals surface area contributed by atoms with Gasteiger partial charge in [0.2, 0.25) is 0 Å². The number of hydrogen-bond donors (Lipinski definition) is 2. The Kier molecular flexibility index (Phi) is 7.01. The van der Waals surface area contributed by atoms with Crippen LogP contribution in [0.3, 0.4) is 0 Å². The Morgan fingerprint density at radius 3 is 2.62 bits per heavy atom. The van der Waals surface area contributed by atoms with Crippen LogP contribution in [0.25, 0.3) is 0 Å². The van der Waals surface area contributed by atoms with Crippen LogP contribution in [-0.2, 0) is 16.0 Å². The van der Waals surface area contributed by atoms with E-state index in [0.29, 0.717) is 25.5 Å². The highest BCUT2D eigenvalue weighted by atomic mass is 19.1. The van der Waals surface area contributed by atoms with E-state index in [9.17, 15) is 4.39 Å². The van der Waals surface area contributed by atoms with Crippen LogP contribution < -0.4 is 10.6 Å². The minimum absolute atomic E-state index is 0.0469. The molecule has 0 saturated heterocycles. The van der Waals surface area contributed by atoms with Crippen molar-refractivity contribution in [1.82, 2.24) is 10.3 Å². The van der Waals surface area contributed by atoms with Gasteiger partial charge in [-0.3, -0.25) is 0 Å². The lowest BCUT2D eigenvalue weighted by Gasteiger charge is -2.22. The van der Waals surface area contributed by atoms with Gasteiger partial charge in [0.15, 0.2) is 0 Å². The SMILES string of the molecule is COCC(CNc1ncc(F)cc1CNC(C)(C)C)OC. The zero-order chi connectivity index (χ0) is 15.9. The van der Waals surface area contributed by atoms with Crippen molar-refractivity contribution in [3.63, 3.8) is 0 Å². The highest BCUT2D eigenvalue weighted by molar-refractivity contribution is 5.44. The summed E-state index contributed by atoms with van der Waals surface area (Å²) in [7, 11) is 3.26. The zero-order valence-electron chi connectivity index (χ0n) is 13.5. The maximum absolute atomic E-state index is 13.4.